The standard InChI is InChI=1S/C23H20F4N6O/c1-22(2,34)15-5-7-19(31-20(15)24)32-21-14-8-9-33(11-18(14)29-12-30-21)13-4-6-17(28-3)16(10-13)23(25,26)27/h4-7,10,12,34H,8-9,11H2,1-2H3,(H,29,30,31,32). The zero-order valence-electron chi connectivity index (χ0n) is 18.3. The largest absolute Gasteiger partial charge is 0.407 e. The number of rotatable bonds is 4. The third-order valence-corrected chi connectivity index (χ3v) is 5.53. The van der Waals surface area contributed by atoms with E-state index in [0.717, 1.165) is 11.6 Å². The SMILES string of the molecule is [C-]#[N+]c1ccc(N2CCc3c(ncnc3Nc3ccc(C(C)(C)O)c(F)n3)C2)cc1C(F)(F)F. The fourth-order valence-corrected chi connectivity index (χ4v) is 3.81. The predicted octanol–water partition coefficient (Wildman–Crippen LogP) is 5.11. The van der Waals surface area contributed by atoms with Crippen LogP contribution in [0.15, 0.2) is 36.7 Å². The maximum absolute atomic E-state index is 14.3. The van der Waals surface area contributed by atoms with Crippen LogP contribution in [0.25, 0.3) is 4.85 Å². The summed E-state index contributed by atoms with van der Waals surface area (Å²) >= 11 is 0. The van der Waals surface area contributed by atoms with Crippen molar-refractivity contribution in [2.75, 3.05) is 16.8 Å². The summed E-state index contributed by atoms with van der Waals surface area (Å²) in [6, 6.07) is 6.61. The minimum Gasteiger partial charge on any atom is -0.386 e. The molecular formula is C23H20F4N6O. The van der Waals surface area contributed by atoms with Gasteiger partial charge in [-0.3, -0.25) is 0 Å². The van der Waals surface area contributed by atoms with Gasteiger partial charge in [-0.15, -0.1) is 0 Å². The predicted molar refractivity (Wildman–Crippen MR) is 117 cm³/mol. The highest BCUT2D eigenvalue weighted by atomic mass is 19.4. The van der Waals surface area contributed by atoms with Gasteiger partial charge in [0.05, 0.1) is 30.0 Å². The number of anilines is 3. The lowest BCUT2D eigenvalue weighted by Gasteiger charge is -2.31. The van der Waals surface area contributed by atoms with Gasteiger partial charge >= 0.3 is 6.18 Å². The Morgan fingerprint density at radius 1 is 1.12 bits per heavy atom. The fraction of sp³-hybridized carbons (Fsp3) is 0.304. The first-order valence-corrected chi connectivity index (χ1v) is 10.3. The van der Waals surface area contributed by atoms with Crippen LogP contribution in [-0.2, 0) is 24.7 Å². The van der Waals surface area contributed by atoms with E-state index in [1.807, 2.05) is 0 Å². The highest BCUT2D eigenvalue weighted by Gasteiger charge is 2.34. The van der Waals surface area contributed by atoms with Crippen molar-refractivity contribution in [1.29, 1.82) is 0 Å². The molecule has 0 fully saturated rings. The molecule has 0 bridgehead atoms. The summed E-state index contributed by atoms with van der Waals surface area (Å²) in [5.41, 5.74) is -1.05. The van der Waals surface area contributed by atoms with E-state index >= 15 is 0 Å². The van der Waals surface area contributed by atoms with Crippen molar-refractivity contribution in [1.82, 2.24) is 15.0 Å². The number of alkyl halides is 3. The van der Waals surface area contributed by atoms with E-state index in [0.29, 0.717) is 30.2 Å². The zero-order chi connectivity index (χ0) is 24.7. The number of aromatic nitrogens is 3. The molecule has 7 nitrogen and oxygen atoms in total. The Balaban J connectivity index is 1.59. The third kappa shape index (κ3) is 4.63. The van der Waals surface area contributed by atoms with Crippen molar-refractivity contribution in [3.05, 3.63) is 76.4 Å². The molecule has 1 aromatic carbocycles. The number of nitrogens with zero attached hydrogens (tertiary/aromatic N) is 5. The average molecular weight is 472 g/mol. The van der Waals surface area contributed by atoms with Crippen molar-refractivity contribution >= 4 is 23.0 Å². The van der Waals surface area contributed by atoms with Gasteiger partial charge in [0.25, 0.3) is 0 Å². The van der Waals surface area contributed by atoms with Crippen LogP contribution < -0.4 is 10.2 Å². The molecule has 3 aromatic rings. The first-order valence-electron chi connectivity index (χ1n) is 10.3. The molecule has 34 heavy (non-hydrogen) atoms. The molecule has 176 valence electrons. The number of fused-ring (bicyclic) bond motifs is 1. The molecule has 0 unspecified atom stereocenters. The topological polar surface area (TPSA) is 78.5 Å². The van der Waals surface area contributed by atoms with Crippen LogP contribution in [0.5, 0.6) is 0 Å². The Morgan fingerprint density at radius 2 is 1.88 bits per heavy atom. The van der Waals surface area contributed by atoms with Gasteiger partial charge in [-0.1, -0.05) is 6.07 Å². The quantitative estimate of drug-likeness (QED) is 0.312. The molecule has 0 atom stereocenters. The summed E-state index contributed by atoms with van der Waals surface area (Å²) in [4.78, 5) is 17.1. The van der Waals surface area contributed by atoms with Gasteiger partial charge in [0.15, 0.2) is 5.69 Å². The number of benzene rings is 1. The summed E-state index contributed by atoms with van der Waals surface area (Å²) in [6.07, 6.45) is -2.89. The summed E-state index contributed by atoms with van der Waals surface area (Å²) in [7, 11) is 0. The average Bonchev–Trinajstić information content (AvgIpc) is 2.77. The first-order chi connectivity index (χ1) is 16.0. The van der Waals surface area contributed by atoms with E-state index in [-0.39, 0.29) is 17.9 Å². The van der Waals surface area contributed by atoms with Crippen molar-refractivity contribution < 1.29 is 22.7 Å². The summed E-state index contributed by atoms with van der Waals surface area (Å²) < 4.78 is 54.4. The molecular weight excluding hydrogens is 452 g/mol. The van der Waals surface area contributed by atoms with Crippen molar-refractivity contribution in [2.45, 2.75) is 38.6 Å². The molecule has 0 amide bonds. The van der Waals surface area contributed by atoms with Crippen molar-refractivity contribution in [3.63, 3.8) is 0 Å². The Bertz CT molecular complexity index is 1280. The third-order valence-electron chi connectivity index (χ3n) is 5.53. The number of hydrogen-bond acceptors (Lipinski definition) is 6. The van der Waals surface area contributed by atoms with Crippen LogP contribution in [0.3, 0.4) is 0 Å². The summed E-state index contributed by atoms with van der Waals surface area (Å²) in [5, 5.41) is 13.0. The molecule has 1 aliphatic heterocycles. The smallest absolute Gasteiger partial charge is 0.386 e. The van der Waals surface area contributed by atoms with Gasteiger partial charge in [-0.25, -0.2) is 19.8 Å². The van der Waals surface area contributed by atoms with E-state index in [9.17, 15) is 22.7 Å². The van der Waals surface area contributed by atoms with E-state index in [1.165, 1.54) is 44.4 Å². The van der Waals surface area contributed by atoms with Crippen molar-refractivity contribution in [2.24, 2.45) is 0 Å². The van der Waals surface area contributed by atoms with Crippen LogP contribution in [0, 0.1) is 12.5 Å². The Morgan fingerprint density at radius 3 is 2.53 bits per heavy atom. The first kappa shape index (κ1) is 23.4. The van der Waals surface area contributed by atoms with Crippen LogP contribution in [0.4, 0.5) is 40.6 Å². The van der Waals surface area contributed by atoms with Crippen molar-refractivity contribution in [3.8, 4) is 0 Å². The van der Waals surface area contributed by atoms with E-state index < -0.39 is 29.0 Å². The van der Waals surface area contributed by atoms with E-state index in [2.05, 4.69) is 25.1 Å². The summed E-state index contributed by atoms with van der Waals surface area (Å²) in [6.45, 7) is 10.5. The molecule has 0 saturated heterocycles. The molecule has 0 saturated carbocycles. The van der Waals surface area contributed by atoms with Gasteiger partial charge < -0.3 is 15.3 Å². The van der Waals surface area contributed by atoms with Gasteiger partial charge in [-0.2, -0.15) is 17.6 Å². The normalized spacial score (nSPS) is 13.9. The number of pyridine rings is 1. The number of nitrogens with one attached hydrogen (secondary N) is 1. The van der Waals surface area contributed by atoms with E-state index in [1.54, 1.807) is 4.90 Å². The number of hydrogen-bond donors (Lipinski definition) is 2. The molecule has 0 radical (unpaired) electrons. The van der Waals surface area contributed by atoms with Crippen LogP contribution >= 0.6 is 0 Å². The minimum atomic E-state index is -4.63. The van der Waals surface area contributed by atoms with Gasteiger partial charge in [0.2, 0.25) is 5.95 Å². The lowest BCUT2D eigenvalue weighted by molar-refractivity contribution is -0.136. The minimum absolute atomic E-state index is 0.0564. The molecule has 2 aromatic heterocycles. The Labute approximate surface area is 192 Å². The van der Waals surface area contributed by atoms with Gasteiger partial charge in [-0.05, 0) is 44.5 Å². The summed E-state index contributed by atoms with van der Waals surface area (Å²) in [5.74, 6) is -0.194. The second-order valence-electron chi connectivity index (χ2n) is 8.35. The monoisotopic (exact) mass is 472 g/mol. The second-order valence-corrected chi connectivity index (χ2v) is 8.35. The maximum Gasteiger partial charge on any atom is 0.407 e. The van der Waals surface area contributed by atoms with Crippen LogP contribution in [-0.4, -0.2) is 26.6 Å². The second kappa shape index (κ2) is 8.53. The van der Waals surface area contributed by atoms with Gasteiger partial charge in [0.1, 0.15) is 18.0 Å². The lowest BCUT2D eigenvalue weighted by Crippen LogP contribution is -2.32. The fourth-order valence-electron chi connectivity index (χ4n) is 3.81. The molecule has 4 rings (SSSR count). The molecule has 0 aliphatic carbocycles. The van der Waals surface area contributed by atoms with Crippen LogP contribution in [0.1, 0.15) is 36.2 Å². The zero-order valence-corrected chi connectivity index (χ0v) is 18.3. The van der Waals surface area contributed by atoms with E-state index in [4.69, 9.17) is 6.57 Å². The maximum atomic E-state index is 14.3. The molecule has 1 aliphatic rings. The van der Waals surface area contributed by atoms with Crippen LogP contribution in [0.2, 0.25) is 0 Å². The molecule has 2 N–H and O–H groups in total. The molecule has 11 heteroatoms. The Hall–Kier alpha value is -3.78. The highest BCUT2D eigenvalue weighted by molar-refractivity contribution is 5.64. The lowest BCUT2D eigenvalue weighted by atomic mass is 10.0. The number of aliphatic hydroxyl groups is 1. The molecule has 0 spiro atoms. The molecule has 3 heterocycles. The number of halogens is 4. The highest BCUT2D eigenvalue weighted by Crippen LogP contribution is 2.39. The Kier molecular flexibility index (Phi) is 5.87. The van der Waals surface area contributed by atoms with Gasteiger partial charge in [0, 0.05) is 23.4 Å².